The van der Waals surface area contributed by atoms with Gasteiger partial charge in [-0.2, -0.15) is 0 Å². The third-order valence-corrected chi connectivity index (χ3v) is 1.67. The van der Waals surface area contributed by atoms with Gasteiger partial charge in [-0.15, -0.1) is 0 Å². The van der Waals surface area contributed by atoms with Crippen LogP contribution in [0.2, 0.25) is 0 Å². The van der Waals surface area contributed by atoms with E-state index in [9.17, 15) is 9.59 Å². The van der Waals surface area contributed by atoms with Gasteiger partial charge in [0.15, 0.2) is 0 Å². The summed E-state index contributed by atoms with van der Waals surface area (Å²) in [4.78, 5) is 22.0. The number of esters is 1. The van der Waals surface area contributed by atoms with E-state index in [2.05, 4.69) is 11.9 Å². The number of nitrogens with one attached hydrogen (secondary N) is 1. The van der Waals surface area contributed by atoms with Crippen LogP contribution in [0.3, 0.4) is 0 Å². The van der Waals surface area contributed by atoms with E-state index in [4.69, 9.17) is 14.2 Å². The maximum Gasteiger partial charge on any atom is 0.407 e. The van der Waals surface area contributed by atoms with Crippen molar-refractivity contribution >= 4 is 12.1 Å². The van der Waals surface area contributed by atoms with E-state index >= 15 is 0 Å². The molecule has 6 nitrogen and oxygen atoms in total. The molecule has 0 aliphatic carbocycles. The first-order valence-electron chi connectivity index (χ1n) is 5.78. The van der Waals surface area contributed by atoms with Crippen molar-refractivity contribution in [3.05, 3.63) is 12.2 Å². The Morgan fingerprint density at radius 3 is 2.44 bits per heavy atom. The third kappa shape index (κ3) is 9.65. The van der Waals surface area contributed by atoms with Gasteiger partial charge in [0, 0.05) is 12.1 Å². The van der Waals surface area contributed by atoms with E-state index in [0.717, 1.165) is 0 Å². The van der Waals surface area contributed by atoms with E-state index in [0.29, 0.717) is 18.7 Å². The van der Waals surface area contributed by atoms with E-state index in [-0.39, 0.29) is 19.3 Å². The molecule has 0 radical (unpaired) electrons. The highest BCUT2D eigenvalue weighted by Gasteiger charge is 2.04. The molecule has 0 rings (SSSR count). The Bertz CT molecular complexity index is 288. The number of carbonyl (C=O) groups is 2. The fourth-order valence-electron chi connectivity index (χ4n) is 0.900. The van der Waals surface area contributed by atoms with Gasteiger partial charge in [0.2, 0.25) is 0 Å². The largest absolute Gasteiger partial charge is 0.460 e. The van der Waals surface area contributed by atoms with Gasteiger partial charge in [0.05, 0.1) is 19.3 Å². The minimum Gasteiger partial charge on any atom is -0.460 e. The van der Waals surface area contributed by atoms with Crippen molar-refractivity contribution in [1.29, 1.82) is 0 Å². The lowest BCUT2D eigenvalue weighted by Gasteiger charge is -2.09. The van der Waals surface area contributed by atoms with Crippen molar-refractivity contribution in [1.82, 2.24) is 5.32 Å². The number of alkyl carbamates (subject to hydrolysis) is 1. The molecule has 0 atom stereocenters. The minimum absolute atomic E-state index is 0.146. The Morgan fingerprint density at radius 2 is 1.89 bits per heavy atom. The fraction of sp³-hybridized carbons (Fsp3) is 0.667. The van der Waals surface area contributed by atoms with Crippen LogP contribution >= 0.6 is 0 Å². The molecule has 0 spiro atoms. The molecular formula is C12H21NO5. The molecule has 104 valence electrons. The molecule has 0 unspecified atom stereocenters. The molecule has 0 bridgehead atoms. The summed E-state index contributed by atoms with van der Waals surface area (Å²) in [7, 11) is 0. The Labute approximate surface area is 107 Å². The minimum atomic E-state index is -0.470. The lowest BCUT2D eigenvalue weighted by molar-refractivity contribution is -0.140. The Hall–Kier alpha value is -1.56. The van der Waals surface area contributed by atoms with Crippen molar-refractivity contribution in [2.45, 2.75) is 26.9 Å². The molecule has 6 heteroatoms. The second-order valence-corrected chi connectivity index (χ2v) is 3.91. The van der Waals surface area contributed by atoms with Gasteiger partial charge >= 0.3 is 12.1 Å². The zero-order valence-corrected chi connectivity index (χ0v) is 11.2. The second-order valence-electron chi connectivity index (χ2n) is 3.91. The van der Waals surface area contributed by atoms with Crippen LogP contribution in [0.1, 0.15) is 20.8 Å². The average Bonchev–Trinajstić information content (AvgIpc) is 2.26. The predicted molar refractivity (Wildman–Crippen MR) is 66.2 cm³/mol. The SMILES string of the molecule is C=C(C)C(=O)OCCOCCNC(=O)OC(C)C. The van der Waals surface area contributed by atoms with Crippen LogP contribution in [0.5, 0.6) is 0 Å². The molecule has 0 aromatic rings. The van der Waals surface area contributed by atoms with Crippen LogP contribution < -0.4 is 5.32 Å². The topological polar surface area (TPSA) is 73.9 Å². The number of rotatable bonds is 8. The van der Waals surface area contributed by atoms with Crippen LogP contribution in [0, 0.1) is 0 Å². The molecule has 0 aromatic carbocycles. The van der Waals surface area contributed by atoms with Gasteiger partial charge < -0.3 is 19.5 Å². The summed E-state index contributed by atoms with van der Waals surface area (Å²) in [5.74, 6) is -0.433. The lowest BCUT2D eigenvalue weighted by atomic mass is 10.4. The summed E-state index contributed by atoms with van der Waals surface area (Å²) in [6.07, 6.45) is -0.616. The number of hydrogen-bond donors (Lipinski definition) is 1. The fourth-order valence-corrected chi connectivity index (χ4v) is 0.900. The van der Waals surface area contributed by atoms with Gasteiger partial charge in [-0.3, -0.25) is 0 Å². The van der Waals surface area contributed by atoms with Crippen LogP contribution in [-0.2, 0) is 19.0 Å². The summed E-state index contributed by atoms with van der Waals surface area (Å²) in [6, 6.07) is 0. The number of hydrogen-bond acceptors (Lipinski definition) is 5. The highest BCUT2D eigenvalue weighted by molar-refractivity contribution is 5.86. The molecule has 18 heavy (non-hydrogen) atoms. The van der Waals surface area contributed by atoms with Crippen molar-refractivity contribution in [2.24, 2.45) is 0 Å². The van der Waals surface area contributed by atoms with Crippen molar-refractivity contribution in [2.75, 3.05) is 26.4 Å². The van der Waals surface area contributed by atoms with E-state index in [1.165, 1.54) is 0 Å². The summed E-state index contributed by atoms with van der Waals surface area (Å²) < 4.78 is 14.8. The van der Waals surface area contributed by atoms with Gasteiger partial charge in [0.1, 0.15) is 6.61 Å². The summed E-state index contributed by atoms with van der Waals surface area (Å²) in [6.45, 7) is 9.69. The van der Waals surface area contributed by atoms with Gasteiger partial charge in [-0.1, -0.05) is 6.58 Å². The summed E-state index contributed by atoms with van der Waals surface area (Å²) >= 11 is 0. The Balaban J connectivity index is 3.34. The van der Waals surface area contributed by atoms with Crippen LogP contribution in [0.25, 0.3) is 0 Å². The van der Waals surface area contributed by atoms with E-state index in [1.807, 2.05) is 0 Å². The highest BCUT2D eigenvalue weighted by Crippen LogP contribution is 1.91. The molecular weight excluding hydrogens is 238 g/mol. The van der Waals surface area contributed by atoms with Crippen LogP contribution in [0.4, 0.5) is 4.79 Å². The lowest BCUT2D eigenvalue weighted by Crippen LogP contribution is -2.30. The van der Waals surface area contributed by atoms with Gasteiger partial charge in [-0.25, -0.2) is 9.59 Å². The third-order valence-electron chi connectivity index (χ3n) is 1.67. The Morgan fingerprint density at radius 1 is 1.22 bits per heavy atom. The van der Waals surface area contributed by atoms with Crippen molar-refractivity contribution in [3.8, 4) is 0 Å². The standard InChI is InChI=1S/C12H21NO5/c1-9(2)11(14)17-8-7-16-6-5-13-12(15)18-10(3)4/h10H,1,5-8H2,2-4H3,(H,13,15). The monoisotopic (exact) mass is 259 g/mol. The van der Waals surface area contributed by atoms with E-state index in [1.54, 1.807) is 20.8 Å². The summed E-state index contributed by atoms with van der Waals surface area (Å²) in [5.41, 5.74) is 0.355. The zero-order chi connectivity index (χ0) is 14.0. The molecule has 0 heterocycles. The second kappa shape index (κ2) is 9.47. The number of carbonyl (C=O) groups excluding carboxylic acids is 2. The first-order valence-corrected chi connectivity index (χ1v) is 5.78. The molecule has 0 fully saturated rings. The molecule has 0 saturated heterocycles. The molecule has 1 N–H and O–H groups in total. The Kier molecular flexibility index (Phi) is 8.65. The average molecular weight is 259 g/mol. The number of ether oxygens (including phenoxy) is 3. The van der Waals surface area contributed by atoms with Crippen molar-refractivity contribution < 1.29 is 23.8 Å². The smallest absolute Gasteiger partial charge is 0.407 e. The first kappa shape index (κ1) is 16.4. The maximum absolute atomic E-state index is 11.0. The molecule has 1 amide bonds. The van der Waals surface area contributed by atoms with Crippen LogP contribution in [-0.4, -0.2) is 44.5 Å². The van der Waals surface area contributed by atoms with E-state index < -0.39 is 12.1 Å². The quantitative estimate of drug-likeness (QED) is 0.403. The highest BCUT2D eigenvalue weighted by atomic mass is 16.6. The molecule has 0 aromatic heterocycles. The van der Waals surface area contributed by atoms with Gasteiger partial charge in [0.25, 0.3) is 0 Å². The van der Waals surface area contributed by atoms with Gasteiger partial charge in [-0.05, 0) is 20.8 Å². The summed E-state index contributed by atoms with van der Waals surface area (Å²) in [5, 5.41) is 2.52. The molecule has 0 saturated carbocycles. The normalized spacial score (nSPS) is 10.0. The zero-order valence-electron chi connectivity index (χ0n) is 11.2. The molecule has 0 aliphatic heterocycles. The molecule has 0 aliphatic rings. The van der Waals surface area contributed by atoms with Crippen LogP contribution in [0.15, 0.2) is 12.2 Å². The first-order chi connectivity index (χ1) is 8.43. The predicted octanol–water partition coefficient (Wildman–Crippen LogP) is 1.26. The van der Waals surface area contributed by atoms with Crippen molar-refractivity contribution in [3.63, 3.8) is 0 Å². The number of amides is 1. The maximum atomic E-state index is 11.0.